The number of halogens is 3. The van der Waals surface area contributed by atoms with E-state index < -0.39 is 11.7 Å². The van der Waals surface area contributed by atoms with Gasteiger partial charge >= 0.3 is 6.18 Å². The summed E-state index contributed by atoms with van der Waals surface area (Å²) in [6.07, 6.45) is -4.45. The highest BCUT2D eigenvalue weighted by atomic mass is 19.4. The highest BCUT2D eigenvalue weighted by Gasteiger charge is 2.31. The molecule has 0 atom stereocenters. The Balaban J connectivity index is 2.59. The molecular weight excluding hydrogens is 241 g/mol. The second kappa shape index (κ2) is 4.25. The number of anilines is 2. The van der Waals surface area contributed by atoms with E-state index in [1.807, 2.05) is 0 Å². The maximum atomic E-state index is 12.6. The van der Waals surface area contributed by atoms with E-state index in [0.717, 1.165) is 12.1 Å². The minimum atomic E-state index is -4.45. The van der Waals surface area contributed by atoms with E-state index in [2.05, 4.69) is 0 Å². The molecule has 0 spiro atoms. The van der Waals surface area contributed by atoms with Crippen LogP contribution in [0.25, 0.3) is 11.1 Å². The molecule has 0 saturated heterocycles. The Morgan fingerprint density at radius 1 is 0.833 bits per heavy atom. The number of benzene rings is 2. The molecule has 0 unspecified atom stereocenters. The van der Waals surface area contributed by atoms with Crippen LogP contribution in [0.4, 0.5) is 24.5 Å². The predicted octanol–water partition coefficient (Wildman–Crippen LogP) is 3.54. The van der Waals surface area contributed by atoms with Crippen molar-refractivity contribution in [3.8, 4) is 11.1 Å². The standard InChI is InChI=1S/C13H11F3N2/c14-13(15,16)9-6-10(17)12(11(18)7-9)8-4-2-1-3-5-8/h1-7H,17-18H2. The van der Waals surface area contributed by atoms with Gasteiger partial charge in [0.1, 0.15) is 0 Å². The summed E-state index contributed by atoms with van der Waals surface area (Å²) < 4.78 is 37.7. The number of hydrogen-bond donors (Lipinski definition) is 2. The topological polar surface area (TPSA) is 52.0 Å². The molecule has 5 heteroatoms. The van der Waals surface area contributed by atoms with Crippen LogP contribution in [0.2, 0.25) is 0 Å². The summed E-state index contributed by atoms with van der Waals surface area (Å²) in [6.45, 7) is 0. The molecule has 18 heavy (non-hydrogen) atoms. The monoisotopic (exact) mass is 252 g/mol. The number of hydrogen-bond acceptors (Lipinski definition) is 2. The zero-order valence-corrected chi connectivity index (χ0v) is 9.33. The van der Waals surface area contributed by atoms with Crippen LogP contribution < -0.4 is 11.5 Å². The summed E-state index contributed by atoms with van der Waals surface area (Å²) in [5.74, 6) is 0. The van der Waals surface area contributed by atoms with Gasteiger partial charge in [0, 0.05) is 16.9 Å². The molecule has 0 saturated carbocycles. The van der Waals surface area contributed by atoms with E-state index in [4.69, 9.17) is 11.5 Å². The van der Waals surface area contributed by atoms with Crippen molar-refractivity contribution in [2.75, 3.05) is 11.5 Å². The Labute approximate surface area is 102 Å². The Morgan fingerprint density at radius 3 is 1.78 bits per heavy atom. The average Bonchev–Trinajstić information content (AvgIpc) is 2.28. The van der Waals surface area contributed by atoms with Gasteiger partial charge in [-0.2, -0.15) is 13.2 Å². The Kier molecular flexibility index (Phi) is 2.90. The highest BCUT2D eigenvalue weighted by molar-refractivity contribution is 5.87. The van der Waals surface area contributed by atoms with Gasteiger partial charge in [-0.25, -0.2) is 0 Å². The van der Waals surface area contributed by atoms with Gasteiger partial charge in [0.05, 0.1) is 5.56 Å². The maximum absolute atomic E-state index is 12.6. The summed E-state index contributed by atoms with van der Waals surface area (Å²) in [5, 5.41) is 0. The van der Waals surface area contributed by atoms with Crippen LogP contribution in [0, 0.1) is 0 Å². The van der Waals surface area contributed by atoms with Crippen molar-refractivity contribution in [3.05, 3.63) is 48.0 Å². The normalized spacial score (nSPS) is 11.5. The number of rotatable bonds is 1. The number of nitrogen functional groups attached to an aromatic ring is 2. The minimum Gasteiger partial charge on any atom is -0.398 e. The molecule has 0 heterocycles. The van der Waals surface area contributed by atoms with Gasteiger partial charge in [-0.15, -0.1) is 0 Å². The molecule has 2 aromatic carbocycles. The lowest BCUT2D eigenvalue weighted by atomic mass is 9.99. The highest BCUT2D eigenvalue weighted by Crippen LogP contribution is 2.38. The third-order valence-corrected chi connectivity index (χ3v) is 2.59. The van der Waals surface area contributed by atoms with Crippen molar-refractivity contribution >= 4 is 11.4 Å². The molecule has 2 rings (SSSR count). The Bertz CT molecular complexity index is 539. The van der Waals surface area contributed by atoms with Gasteiger partial charge in [0.15, 0.2) is 0 Å². The average molecular weight is 252 g/mol. The van der Waals surface area contributed by atoms with E-state index in [1.54, 1.807) is 30.3 Å². The van der Waals surface area contributed by atoms with Crippen molar-refractivity contribution in [1.29, 1.82) is 0 Å². The summed E-state index contributed by atoms with van der Waals surface area (Å²) in [5.41, 5.74) is 11.7. The molecule has 4 N–H and O–H groups in total. The maximum Gasteiger partial charge on any atom is 0.416 e. The summed E-state index contributed by atoms with van der Waals surface area (Å²) in [7, 11) is 0. The Morgan fingerprint density at radius 2 is 1.33 bits per heavy atom. The van der Waals surface area contributed by atoms with Gasteiger partial charge in [0.2, 0.25) is 0 Å². The summed E-state index contributed by atoms with van der Waals surface area (Å²) in [6, 6.07) is 10.6. The SMILES string of the molecule is Nc1cc(C(F)(F)F)cc(N)c1-c1ccccc1. The molecule has 0 aliphatic carbocycles. The molecule has 0 amide bonds. The first kappa shape index (κ1) is 12.3. The fourth-order valence-electron chi connectivity index (χ4n) is 1.79. The molecule has 0 aromatic heterocycles. The third kappa shape index (κ3) is 2.25. The lowest BCUT2D eigenvalue weighted by Crippen LogP contribution is -2.08. The fraction of sp³-hybridized carbons (Fsp3) is 0.0769. The van der Waals surface area contributed by atoms with Gasteiger partial charge < -0.3 is 11.5 Å². The van der Waals surface area contributed by atoms with E-state index in [1.165, 1.54) is 0 Å². The third-order valence-electron chi connectivity index (χ3n) is 2.59. The number of nitrogens with two attached hydrogens (primary N) is 2. The smallest absolute Gasteiger partial charge is 0.398 e. The fourth-order valence-corrected chi connectivity index (χ4v) is 1.79. The Hall–Kier alpha value is -2.17. The zero-order valence-electron chi connectivity index (χ0n) is 9.33. The van der Waals surface area contributed by atoms with E-state index in [0.29, 0.717) is 11.1 Å². The van der Waals surface area contributed by atoms with Crippen LogP contribution in [0.5, 0.6) is 0 Å². The van der Waals surface area contributed by atoms with Crippen LogP contribution in [-0.4, -0.2) is 0 Å². The van der Waals surface area contributed by atoms with Gasteiger partial charge in [-0.3, -0.25) is 0 Å². The molecule has 0 bridgehead atoms. The van der Waals surface area contributed by atoms with Gasteiger partial charge in [0.25, 0.3) is 0 Å². The number of alkyl halides is 3. The molecule has 0 aliphatic heterocycles. The van der Waals surface area contributed by atoms with Crippen LogP contribution in [-0.2, 0) is 6.18 Å². The minimum absolute atomic E-state index is 0.0218. The van der Waals surface area contributed by atoms with E-state index in [-0.39, 0.29) is 11.4 Å². The second-order valence-corrected chi connectivity index (χ2v) is 3.89. The molecule has 0 radical (unpaired) electrons. The van der Waals surface area contributed by atoms with E-state index >= 15 is 0 Å². The predicted molar refractivity (Wildman–Crippen MR) is 65.7 cm³/mol. The van der Waals surface area contributed by atoms with Crippen molar-refractivity contribution < 1.29 is 13.2 Å². The summed E-state index contributed by atoms with van der Waals surface area (Å²) in [4.78, 5) is 0. The van der Waals surface area contributed by atoms with Crippen LogP contribution in [0.1, 0.15) is 5.56 Å². The van der Waals surface area contributed by atoms with Crippen LogP contribution >= 0.6 is 0 Å². The van der Waals surface area contributed by atoms with Gasteiger partial charge in [-0.1, -0.05) is 30.3 Å². The van der Waals surface area contributed by atoms with E-state index in [9.17, 15) is 13.2 Å². The molecule has 0 aliphatic rings. The van der Waals surface area contributed by atoms with Crippen molar-refractivity contribution in [3.63, 3.8) is 0 Å². The largest absolute Gasteiger partial charge is 0.416 e. The van der Waals surface area contributed by atoms with Crippen molar-refractivity contribution in [2.45, 2.75) is 6.18 Å². The second-order valence-electron chi connectivity index (χ2n) is 3.89. The molecule has 2 nitrogen and oxygen atoms in total. The lowest BCUT2D eigenvalue weighted by Gasteiger charge is -2.14. The first-order chi connectivity index (χ1) is 8.39. The van der Waals surface area contributed by atoms with Crippen molar-refractivity contribution in [1.82, 2.24) is 0 Å². The molecule has 0 fully saturated rings. The van der Waals surface area contributed by atoms with Crippen molar-refractivity contribution in [2.24, 2.45) is 0 Å². The van der Waals surface area contributed by atoms with Crippen LogP contribution in [0.3, 0.4) is 0 Å². The first-order valence-electron chi connectivity index (χ1n) is 5.21. The lowest BCUT2D eigenvalue weighted by molar-refractivity contribution is -0.137. The molecular formula is C13H11F3N2. The zero-order chi connectivity index (χ0) is 13.3. The van der Waals surface area contributed by atoms with Crippen LogP contribution in [0.15, 0.2) is 42.5 Å². The molecule has 94 valence electrons. The molecule has 2 aromatic rings. The quantitative estimate of drug-likeness (QED) is 0.763. The van der Waals surface area contributed by atoms with Gasteiger partial charge in [-0.05, 0) is 17.7 Å². The summed E-state index contributed by atoms with van der Waals surface area (Å²) >= 11 is 0. The first-order valence-corrected chi connectivity index (χ1v) is 5.21.